The summed E-state index contributed by atoms with van der Waals surface area (Å²) in [4.78, 5) is 11.4. The van der Waals surface area contributed by atoms with Crippen LogP contribution in [0.4, 0.5) is 0 Å². The molecular formula is C10H22N2O2S. The van der Waals surface area contributed by atoms with Gasteiger partial charge in [-0.15, -0.1) is 0 Å². The molecule has 0 spiro atoms. The average Bonchev–Trinajstić information content (AvgIpc) is 2.22. The van der Waals surface area contributed by atoms with Crippen LogP contribution in [0.3, 0.4) is 0 Å². The van der Waals surface area contributed by atoms with E-state index in [1.54, 1.807) is 11.8 Å². The summed E-state index contributed by atoms with van der Waals surface area (Å²) in [7, 11) is 0. The summed E-state index contributed by atoms with van der Waals surface area (Å²) in [5.74, 6) is 0.714. The van der Waals surface area contributed by atoms with Crippen LogP contribution in [0.2, 0.25) is 0 Å². The highest BCUT2D eigenvalue weighted by Crippen LogP contribution is 1.99. The van der Waals surface area contributed by atoms with Crippen molar-refractivity contribution in [1.29, 1.82) is 0 Å². The molecule has 0 aromatic carbocycles. The molecule has 0 saturated carbocycles. The molecule has 0 aromatic heterocycles. The Bertz CT molecular complexity index is 179. The molecule has 4 N–H and O–H groups in total. The van der Waals surface area contributed by atoms with E-state index in [1.807, 2.05) is 13.2 Å². The molecule has 0 fully saturated rings. The smallest absolute Gasteiger partial charge is 0.237 e. The molecule has 1 unspecified atom stereocenters. The number of nitrogens with two attached hydrogens (primary N) is 1. The van der Waals surface area contributed by atoms with Gasteiger partial charge in [-0.3, -0.25) is 4.79 Å². The zero-order valence-electron chi connectivity index (χ0n) is 9.53. The predicted octanol–water partition coefficient (Wildman–Crippen LogP) is 0.344. The summed E-state index contributed by atoms with van der Waals surface area (Å²) in [6, 6.07) is -0.453. The van der Waals surface area contributed by atoms with Gasteiger partial charge in [0.2, 0.25) is 5.91 Å². The molecule has 0 aliphatic rings. The van der Waals surface area contributed by atoms with Gasteiger partial charge in [0.25, 0.3) is 0 Å². The molecule has 0 bridgehead atoms. The first kappa shape index (κ1) is 14.7. The summed E-state index contributed by atoms with van der Waals surface area (Å²) in [6.07, 6.45) is 3.83. The highest BCUT2D eigenvalue weighted by atomic mass is 32.2. The van der Waals surface area contributed by atoms with Crippen molar-refractivity contribution in [1.82, 2.24) is 5.32 Å². The third kappa shape index (κ3) is 7.64. The number of rotatable bonds is 8. The Morgan fingerprint density at radius 2 is 2.20 bits per heavy atom. The minimum Gasteiger partial charge on any atom is -0.391 e. The van der Waals surface area contributed by atoms with Crippen LogP contribution in [0, 0.1) is 0 Å². The lowest BCUT2D eigenvalue weighted by Gasteiger charge is -2.14. The van der Waals surface area contributed by atoms with Crippen molar-refractivity contribution in [2.24, 2.45) is 5.73 Å². The fourth-order valence-electron chi connectivity index (χ4n) is 1.16. The van der Waals surface area contributed by atoms with Gasteiger partial charge in [-0.1, -0.05) is 13.3 Å². The lowest BCUT2D eigenvalue weighted by molar-refractivity contribution is -0.122. The molecule has 90 valence electrons. The number of aliphatic hydroxyl groups excluding tert-OH is 1. The third-order valence-corrected chi connectivity index (χ3v) is 2.75. The SMILES string of the molecule is CCCC(O)CNC(=O)[C@H](N)CCSC. The Morgan fingerprint density at radius 3 is 2.73 bits per heavy atom. The topological polar surface area (TPSA) is 75.3 Å². The van der Waals surface area contributed by atoms with Gasteiger partial charge in [-0.25, -0.2) is 0 Å². The Kier molecular flexibility index (Phi) is 8.85. The number of hydrogen-bond acceptors (Lipinski definition) is 4. The lowest BCUT2D eigenvalue weighted by atomic mass is 10.2. The second-order valence-electron chi connectivity index (χ2n) is 3.58. The number of amides is 1. The van der Waals surface area contributed by atoms with E-state index in [-0.39, 0.29) is 5.91 Å². The largest absolute Gasteiger partial charge is 0.391 e. The molecule has 5 heteroatoms. The first-order chi connectivity index (χ1) is 7.11. The number of hydrogen-bond donors (Lipinski definition) is 3. The Hall–Kier alpha value is -0.260. The maximum atomic E-state index is 11.4. The van der Waals surface area contributed by atoms with Crippen molar-refractivity contribution in [3.05, 3.63) is 0 Å². The first-order valence-electron chi connectivity index (χ1n) is 5.32. The highest BCUT2D eigenvalue weighted by Gasteiger charge is 2.13. The Morgan fingerprint density at radius 1 is 1.53 bits per heavy atom. The van der Waals surface area contributed by atoms with Crippen molar-refractivity contribution in [3.8, 4) is 0 Å². The minimum atomic E-state index is -0.453. The molecule has 0 radical (unpaired) electrons. The lowest BCUT2D eigenvalue weighted by Crippen LogP contribution is -2.43. The number of carbonyl (C=O) groups excluding carboxylic acids is 1. The number of thioether (sulfide) groups is 1. The Labute approximate surface area is 96.0 Å². The quantitative estimate of drug-likeness (QED) is 0.566. The standard InChI is InChI=1S/C10H22N2O2S/c1-3-4-8(13)7-12-10(14)9(11)5-6-15-2/h8-9,13H,3-7,11H2,1-2H3,(H,12,14)/t8?,9-/m1/s1. The maximum Gasteiger partial charge on any atom is 0.237 e. The van der Waals surface area contributed by atoms with E-state index < -0.39 is 12.1 Å². The fourth-order valence-corrected chi connectivity index (χ4v) is 1.65. The van der Waals surface area contributed by atoms with Crippen LogP contribution in [0.25, 0.3) is 0 Å². The van der Waals surface area contributed by atoms with Crippen molar-refractivity contribution in [2.75, 3.05) is 18.6 Å². The van der Waals surface area contributed by atoms with Crippen molar-refractivity contribution < 1.29 is 9.90 Å². The predicted molar refractivity (Wildman–Crippen MR) is 64.9 cm³/mol. The van der Waals surface area contributed by atoms with Gasteiger partial charge in [0, 0.05) is 6.54 Å². The monoisotopic (exact) mass is 234 g/mol. The zero-order chi connectivity index (χ0) is 11.7. The van der Waals surface area contributed by atoms with Gasteiger partial charge in [0.15, 0.2) is 0 Å². The normalized spacial score (nSPS) is 14.7. The molecule has 0 aliphatic heterocycles. The van der Waals surface area contributed by atoms with E-state index >= 15 is 0 Å². The van der Waals surface area contributed by atoms with E-state index in [1.165, 1.54) is 0 Å². The second-order valence-corrected chi connectivity index (χ2v) is 4.56. The van der Waals surface area contributed by atoms with Crippen LogP contribution in [-0.4, -0.2) is 41.7 Å². The molecule has 2 atom stereocenters. The zero-order valence-corrected chi connectivity index (χ0v) is 10.3. The van der Waals surface area contributed by atoms with Crippen LogP contribution in [0.1, 0.15) is 26.2 Å². The molecule has 0 aromatic rings. The number of nitrogens with one attached hydrogen (secondary N) is 1. The van der Waals surface area contributed by atoms with Gasteiger partial charge in [0.05, 0.1) is 12.1 Å². The highest BCUT2D eigenvalue weighted by molar-refractivity contribution is 7.98. The van der Waals surface area contributed by atoms with Gasteiger partial charge < -0.3 is 16.2 Å². The molecule has 0 heterocycles. The average molecular weight is 234 g/mol. The summed E-state index contributed by atoms with van der Waals surface area (Å²) < 4.78 is 0. The first-order valence-corrected chi connectivity index (χ1v) is 6.71. The summed E-state index contributed by atoms with van der Waals surface area (Å²) >= 11 is 1.67. The molecule has 0 saturated heterocycles. The molecular weight excluding hydrogens is 212 g/mol. The second kappa shape index (κ2) is 9.00. The molecule has 4 nitrogen and oxygen atoms in total. The van der Waals surface area contributed by atoms with Gasteiger partial charge in [-0.2, -0.15) is 11.8 Å². The van der Waals surface area contributed by atoms with E-state index in [2.05, 4.69) is 5.32 Å². The number of aliphatic hydroxyl groups is 1. The van der Waals surface area contributed by atoms with Crippen molar-refractivity contribution >= 4 is 17.7 Å². The minimum absolute atomic E-state index is 0.167. The molecule has 0 aliphatic carbocycles. The van der Waals surface area contributed by atoms with Crippen molar-refractivity contribution in [2.45, 2.75) is 38.3 Å². The van der Waals surface area contributed by atoms with Crippen molar-refractivity contribution in [3.63, 3.8) is 0 Å². The Balaban J connectivity index is 3.63. The molecule has 15 heavy (non-hydrogen) atoms. The maximum absolute atomic E-state index is 11.4. The van der Waals surface area contributed by atoms with Crippen LogP contribution in [-0.2, 0) is 4.79 Å². The number of carbonyl (C=O) groups is 1. The summed E-state index contributed by atoms with van der Waals surface area (Å²) in [6.45, 7) is 2.30. The van der Waals surface area contributed by atoms with E-state index in [4.69, 9.17) is 5.73 Å². The molecule has 1 amide bonds. The summed E-state index contributed by atoms with van der Waals surface area (Å²) in [5.41, 5.74) is 5.66. The van der Waals surface area contributed by atoms with E-state index in [0.717, 1.165) is 12.2 Å². The van der Waals surface area contributed by atoms with Crippen LogP contribution in [0.15, 0.2) is 0 Å². The summed E-state index contributed by atoms with van der Waals surface area (Å²) in [5, 5.41) is 12.0. The van der Waals surface area contributed by atoms with Crippen LogP contribution in [0.5, 0.6) is 0 Å². The van der Waals surface area contributed by atoms with Gasteiger partial charge in [0.1, 0.15) is 0 Å². The fraction of sp³-hybridized carbons (Fsp3) is 0.900. The molecule has 0 rings (SSSR count). The third-order valence-electron chi connectivity index (χ3n) is 2.10. The van der Waals surface area contributed by atoms with Crippen LogP contribution >= 0.6 is 11.8 Å². The van der Waals surface area contributed by atoms with Gasteiger partial charge >= 0.3 is 0 Å². The van der Waals surface area contributed by atoms with Gasteiger partial charge in [-0.05, 0) is 24.9 Å². The van der Waals surface area contributed by atoms with E-state index in [9.17, 15) is 9.90 Å². The van der Waals surface area contributed by atoms with E-state index in [0.29, 0.717) is 19.4 Å². The van der Waals surface area contributed by atoms with Crippen LogP contribution < -0.4 is 11.1 Å².